The van der Waals surface area contributed by atoms with Crippen LogP contribution in [0.1, 0.15) is 25.7 Å². The van der Waals surface area contributed by atoms with E-state index >= 15 is 0 Å². The number of halogens is 1. The highest BCUT2D eigenvalue weighted by Crippen LogP contribution is 2.35. The quantitative estimate of drug-likeness (QED) is 0.786. The Morgan fingerprint density at radius 3 is 2.88 bits per heavy atom. The number of fused-ring (bicyclic) bond motifs is 1. The van der Waals surface area contributed by atoms with E-state index in [1.54, 1.807) is 6.07 Å². The van der Waals surface area contributed by atoms with E-state index in [0.29, 0.717) is 18.6 Å². The molecule has 3 heteroatoms. The molecular weight excluding hydrogens is 205 g/mol. The molecule has 0 saturated heterocycles. The van der Waals surface area contributed by atoms with Gasteiger partial charge < -0.3 is 10.1 Å². The molecule has 1 aliphatic carbocycles. The van der Waals surface area contributed by atoms with Gasteiger partial charge in [-0.25, -0.2) is 4.39 Å². The summed E-state index contributed by atoms with van der Waals surface area (Å²) in [6.45, 7) is 0.712. The molecule has 86 valence electrons. The van der Waals surface area contributed by atoms with Crippen molar-refractivity contribution in [1.29, 1.82) is 0 Å². The van der Waals surface area contributed by atoms with Crippen molar-refractivity contribution in [3.63, 3.8) is 0 Å². The van der Waals surface area contributed by atoms with Gasteiger partial charge in [0.15, 0.2) is 0 Å². The molecule has 0 radical (unpaired) electrons. The number of ether oxygens (including phenoxy) is 1. The van der Waals surface area contributed by atoms with Crippen LogP contribution in [0.15, 0.2) is 18.2 Å². The van der Waals surface area contributed by atoms with Crippen LogP contribution in [0, 0.1) is 11.7 Å². The van der Waals surface area contributed by atoms with Crippen LogP contribution >= 0.6 is 0 Å². The number of hydrogen-bond donors (Lipinski definition) is 1. The van der Waals surface area contributed by atoms with E-state index in [4.69, 9.17) is 4.74 Å². The zero-order chi connectivity index (χ0) is 11.0. The number of benzene rings is 1. The summed E-state index contributed by atoms with van der Waals surface area (Å²) in [5.41, 5.74) is 0.808. The average molecular weight is 221 g/mol. The van der Waals surface area contributed by atoms with Gasteiger partial charge in [-0.05, 0) is 30.9 Å². The van der Waals surface area contributed by atoms with Crippen molar-refractivity contribution >= 4 is 5.69 Å². The summed E-state index contributed by atoms with van der Waals surface area (Å²) in [6.07, 6.45) is 5.18. The van der Waals surface area contributed by atoms with Crippen LogP contribution in [0.2, 0.25) is 0 Å². The number of hydrogen-bond acceptors (Lipinski definition) is 2. The molecule has 1 fully saturated rings. The first-order valence-corrected chi connectivity index (χ1v) is 6.02. The monoisotopic (exact) mass is 221 g/mol. The van der Waals surface area contributed by atoms with Gasteiger partial charge in [-0.2, -0.15) is 0 Å². The lowest BCUT2D eigenvalue weighted by molar-refractivity contribution is 0.245. The van der Waals surface area contributed by atoms with Crippen molar-refractivity contribution in [2.75, 3.05) is 11.9 Å². The van der Waals surface area contributed by atoms with Crippen molar-refractivity contribution in [2.24, 2.45) is 5.92 Å². The molecule has 1 aromatic carbocycles. The average Bonchev–Trinajstić information content (AvgIpc) is 2.81. The van der Waals surface area contributed by atoms with Crippen molar-refractivity contribution in [3.8, 4) is 5.75 Å². The second-order valence-corrected chi connectivity index (χ2v) is 4.75. The molecule has 1 N–H and O–H groups in total. The van der Waals surface area contributed by atoms with Crippen LogP contribution in [0.3, 0.4) is 0 Å². The predicted octanol–water partition coefficient (Wildman–Crippen LogP) is 3.19. The van der Waals surface area contributed by atoms with E-state index < -0.39 is 0 Å². The Hall–Kier alpha value is -1.25. The first kappa shape index (κ1) is 9.94. The van der Waals surface area contributed by atoms with Gasteiger partial charge in [-0.3, -0.25) is 0 Å². The normalized spacial score (nSPS) is 24.7. The summed E-state index contributed by atoms with van der Waals surface area (Å²) in [6, 6.07) is 5.02. The highest BCUT2D eigenvalue weighted by molar-refractivity contribution is 5.58. The van der Waals surface area contributed by atoms with E-state index in [1.165, 1.54) is 37.8 Å². The van der Waals surface area contributed by atoms with Crippen molar-refractivity contribution in [3.05, 3.63) is 24.0 Å². The molecule has 0 amide bonds. The lowest BCUT2D eigenvalue weighted by atomic mass is 9.97. The van der Waals surface area contributed by atoms with E-state index in [2.05, 4.69) is 5.32 Å². The summed E-state index contributed by atoms with van der Waals surface area (Å²) in [7, 11) is 0. The fourth-order valence-electron chi connectivity index (χ4n) is 2.78. The molecule has 2 nitrogen and oxygen atoms in total. The first-order valence-electron chi connectivity index (χ1n) is 6.02. The topological polar surface area (TPSA) is 21.3 Å². The van der Waals surface area contributed by atoms with Crippen LogP contribution in [0.4, 0.5) is 10.1 Å². The van der Waals surface area contributed by atoms with Crippen LogP contribution in [-0.4, -0.2) is 12.6 Å². The molecule has 1 aliphatic heterocycles. The zero-order valence-corrected chi connectivity index (χ0v) is 9.21. The molecule has 1 saturated carbocycles. The first-order chi connectivity index (χ1) is 7.83. The molecule has 0 bridgehead atoms. The van der Waals surface area contributed by atoms with Crippen molar-refractivity contribution in [2.45, 2.75) is 31.7 Å². The maximum atomic E-state index is 13.1. The summed E-state index contributed by atoms with van der Waals surface area (Å²) in [5, 5.41) is 3.41. The Morgan fingerprint density at radius 1 is 1.25 bits per heavy atom. The lowest BCUT2D eigenvalue weighted by Crippen LogP contribution is -2.37. The van der Waals surface area contributed by atoms with Gasteiger partial charge in [0.1, 0.15) is 18.2 Å². The van der Waals surface area contributed by atoms with Gasteiger partial charge in [-0.15, -0.1) is 0 Å². The Morgan fingerprint density at radius 2 is 2.06 bits per heavy atom. The summed E-state index contributed by atoms with van der Waals surface area (Å²) in [5.74, 6) is 1.26. The minimum Gasteiger partial charge on any atom is -0.489 e. The van der Waals surface area contributed by atoms with Crippen LogP contribution in [-0.2, 0) is 0 Å². The molecule has 16 heavy (non-hydrogen) atoms. The molecule has 0 aromatic heterocycles. The minimum atomic E-state index is -0.207. The van der Waals surface area contributed by atoms with E-state index in [0.717, 1.165) is 11.4 Å². The standard InChI is InChI=1S/C13H16FNO/c14-10-5-6-13-11(7-10)15-12(8-16-13)9-3-1-2-4-9/h5-7,9,12,15H,1-4,8H2. The van der Waals surface area contributed by atoms with Gasteiger partial charge in [-0.1, -0.05) is 12.8 Å². The van der Waals surface area contributed by atoms with Gasteiger partial charge in [0, 0.05) is 6.07 Å². The molecule has 3 rings (SSSR count). The van der Waals surface area contributed by atoms with E-state index in [9.17, 15) is 4.39 Å². The van der Waals surface area contributed by atoms with Gasteiger partial charge in [0.05, 0.1) is 11.7 Å². The molecule has 1 atom stereocenters. The third-order valence-electron chi connectivity index (χ3n) is 3.67. The van der Waals surface area contributed by atoms with Crippen molar-refractivity contribution in [1.82, 2.24) is 0 Å². The Kier molecular flexibility index (Phi) is 2.46. The highest BCUT2D eigenvalue weighted by Gasteiger charge is 2.29. The van der Waals surface area contributed by atoms with E-state index in [1.807, 2.05) is 0 Å². The number of rotatable bonds is 1. The molecule has 1 heterocycles. The minimum absolute atomic E-state index is 0.207. The van der Waals surface area contributed by atoms with Gasteiger partial charge >= 0.3 is 0 Å². The third-order valence-corrected chi connectivity index (χ3v) is 3.67. The zero-order valence-electron chi connectivity index (χ0n) is 9.21. The SMILES string of the molecule is Fc1ccc2c(c1)NC(C1CCCC1)CO2. The second kappa shape index (κ2) is 3.96. The smallest absolute Gasteiger partial charge is 0.142 e. The molecular formula is C13H16FNO. The lowest BCUT2D eigenvalue weighted by Gasteiger charge is -2.31. The summed E-state index contributed by atoms with van der Waals surface area (Å²) in [4.78, 5) is 0. The molecule has 1 aromatic rings. The molecule has 2 aliphatic rings. The fraction of sp³-hybridized carbons (Fsp3) is 0.538. The fourth-order valence-corrected chi connectivity index (χ4v) is 2.78. The second-order valence-electron chi connectivity index (χ2n) is 4.75. The third kappa shape index (κ3) is 1.75. The van der Waals surface area contributed by atoms with Crippen LogP contribution in [0.25, 0.3) is 0 Å². The van der Waals surface area contributed by atoms with Gasteiger partial charge in [0.25, 0.3) is 0 Å². The van der Waals surface area contributed by atoms with Crippen LogP contribution < -0.4 is 10.1 Å². The van der Waals surface area contributed by atoms with Crippen LogP contribution in [0.5, 0.6) is 5.75 Å². The maximum Gasteiger partial charge on any atom is 0.142 e. The maximum absolute atomic E-state index is 13.1. The van der Waals surface area contributed by atoms with Gasteiger partial charge in [0.2, 0.25) is 0 Å². The summed E-state index contributed by atoms with van der Waals surface area (Å²) >= 11 is 0. The van der Waals surface area contributed by atoms with E-state index in [-0.39, 0.29) is 5.82 Å². The number of nitrogens with one attached hydrogen (secondary N) is 1. The largest absolute Gasteiger partial charge is 0.489 e. The molecule has 0 spiro atoms. The highest BCUT2D eigenvalue weighted by atomic mass is 19.1. The Labute approximate surface area is 94.8 Å². The Bertz CT molecular complexity index is 388. The summed E-state index contributed by atoms with van der Waals surface area (Å²) < 4.78 is 18.8. The Balaban J connectivity index is 1.79. The van der Waals surface area contributed by atoms with Crippen molar-refractivity contribution < 1.29 is 9.13 Å². The predicted molar refractivity (Wildman–Crippen MR) is 61.3 cm³/mol. The number of anilines is 1. The molecule has 1 unspecified atom stereocenters.